The van der Waals surface area contributed by atoms with Crippen molar-refractivity contribution in [3.8, 4) is 5.69 Å². The van der Waals surface area contributed by atoms with Gasteiger partial charge < -0.3 is 18.9 Å². The lowest BCUT2D eigenvalue weighted by atomic mass is 10.1. The van der Waals surface area contributed by atoms with E-state index in [0.717, 1.165) is 30.5 Å². The number of anilines is 1. The lowest BCUT2D eigenvalue weighted by Gasteiger charge is -2.34. The molecule has 1 saturated heterocycles. The average Bonchev–Trinajstić information content (AvgIpc) is 3.17. The van der Waals surface area contributed by atoms with Gasteiger partial charge in [-0.25, -0.2) is 9.97 Å². The molecule has 148 valence electrons. The molecule has 1 aliphatic heterocycles. The number of aromatic nitrogens is 3. The number of fused-ring (bicyclic) bond motifs is 1. The first-order valence-electron chi connectivity index (χ1n) is 8.82. The number of hydrogen-bond acceptors (Lipinski definition) is 5. The number of pyridine rings is 1. The molecule has 0 aliphatic carbocycles. The van der Waals surface area contributed by atoms with E-state index in [1.54, 1.807) is 18.6 Å². The smallest absolute Gasteiger partial charge is 0.325 e. The zero-order valence-corrected chi connectivity index (χ0v) is 17.5. The summed E-state index contributed by atoms with van der Waals surface area (Å²) in [7, 11) is -3.55. The molecule has 0 spiro atoms. The van der Waals surface area contributed by atoms with E-state index in [1.165, 1.54) is 6.66 Å². The molecule has 7 nitrogen and oxygen atoms in total. The van der Waals surface area contributed by atoms with Crippen LogP contribution in [0.5, 0.6) is 0 Å². The highest BCUT2D eigenvalue weighted by atomic mass is 35.5. The van der Waals surface area contributed by atoms with Crippen LogP contribution in [0, 0.1) is 0 Å². The van der Waals surface area contributed by atoms with Crippen molar-refractivity contribution in [3.63, 3.8) is 0 Å². The van der Waals surface area contributed by atoms with Gasteiger partial charge in [0.1, 0.15) is 5.82 Å². The summed E-state index contributed by atoms with van der Waals surface area (Å²) in [5, 5.41) is 1.68. The van der Waals surface area contributed by atoms with E-state index < -0.39 is 7.60 Å². The summed E-state index contributed by atoms with van der Waals surface area (Å²) in [5.41, 5.74) is 1.48. The van der Waals surface area contributed by atoms with Gasteiger partial charge in [-0.15, -0.1) is 0 Å². The molecule has 3 aromatic rings. The first-order chi connectivity index (χ1) is 13.3. The minimum Gasteiger partial charge on any atom is -0.354 e. The highest BCUT2D eigenvalue weighted by molar-refractivity contribution is 7.51. The molecule has 3 heterocycles. The minimum absolute atomic E-state index is 0.335. The topological polar surface area (TPSA) is 80.5 Å². The van der Waals surface area contributed by atoms with Gasteiger partial charge >= 0.3 is 7.60 Å². The molecule has 0 saturated carbocycles. The lowest BCUT2D eigenvalue weighted by Crippen LogP contribution is -2.39. The van der Waals surface area contributed by atoms with Crippen LogP contribution in [0.15, 0.2) is 36.9 Å². The Labute approximate surface area is 172 Å². The fraction of sp³-hybridized carbons (Fsp3) is 0.333. The largest absolute Gasteiger partial charge is 0.354 e. The Kier molecular flexibility index (Phi) is 5.38. The third-order valence-electron chi connectivity index (χ3n) is 4.67. The van der Waals surface area contributed by atoms with E-state index in [1.807, 2.05) is 27.8 Å². The van der Waals surface area contributed by atoms with Gasteiger partial charge in [0.15, 0.2) is 0 Å². The molecule has 10 heteroatoms. The third-order valence-corrected chi connectivity index (χ3v) is 6.15. The standard InChI is InChI=1S/C18H19Cl2N4O3P/c1-28(25,26)27-12-3-2-7-23(10-12)16-9-15(24-8-6-21-11-24)13-4-5-14(19)17(20)18(13)22-16/h4-6,8-9,11-12H,2-3,7,10H2,1H3,(H,25,26). The molecular formula is C18H19Cl2N4O3P. The molecule has 0 radical (unpaired) electrons. The summed E-state index contributed by atoms with van der Waals surface area (Å²) < 4.78 is 18.9. The van der Waals surface area contributed by atoms with Crippen molar-refractivity contribution < 1.29 is 14.0 Å². The molecular weight excluding hydrogens is 422 g/mol. The van der Waals surface area contributed by atoms with E-state index in [9.17, 15) is 9.46 Å². The fourth-order valence-corrected chi connectivity index (χ4v) is 4.57. The van der Waals surface area contributed by atoms with Gasteiger partial charge in [-0.3, -0.25) is 4.57 Å². The SMILES string of the molecule is CP(=O)(O)OC1CCCN(c2cc(-n3ccnc3)c3ccc(Cl)c(Cl)c3n2)C1. The van der Waals surface area contributed by atoms with Crippen LogP contribution in [0.25, 0.3) is 16.6 Å². The van der Waals surface area contributed by atoms with E-state index in [0.29, 0.717) is 27.9 Å². The maximum Gasteiger partial charge on any atom is 0.325 e. The molecule has 2 aromatic heterocycles. The Balaban J connectivity index is 1.79. The number of halogens is 2. The number of nitrogens with zero attached hydrogens (tertiary/aromatic N) is 4. The highest BCUT2D eigenvalue weighted by Crippen LogP contribution is 2.41. The van der Waals surface area contributed by atoms with Crippen LogP contribution < -0.4 is 4.90 Å². The van der Waals surface area contributed by atoms with Crippen molar-refractivity contribution in [2.24, 2.45) is 0 Å². The summed E-state index contributed by atoms with van der Waals surface area (Å²) in [4.78, 5) is 20.5. The third kappa shape index (κ3) is 4.04. The number of hydrogen-bond donors (Lipinski definition) is 1. The van der Waals surface area contributed by atoms with Crippen LogP contribution in [0.1, 0.15) is 12.8 Å². The summed E-state index contributed by atoms with van der Waals surface area (Å²) >= 11 is 12.7. The number of imidazole rings is 1. The molecule has 2 unspecified atom stereocenters. The van der Waals surface area contributed by atoms with Crippen LogP contribution in [-0.4, -0.2) is 45.3 Å². The van der Waals surface area contributed by atoms with Gasteiger partial charge in [-0.1, -0.05) is 23.2 Å². The number of rotatable bonds is 4. The van der Waals surface area contributed by atoms with Crippen LogP contribution in [0.2, 0.25) is 10.0 Å². The van der Waals surface area contributed by atoms with Gasteiger partial charge in [-0.2, -0.15) is 0 Å². The highest BCUT2D eigenvalue weighted by Gasteiger charge is 2.27. The molecule has 1 aliphatic rings. The lowest BCUT2D eigenvalue weighted by molar-refractivity contribution is 0.158. The molecule has 4 rings (SSSR count). The van der Waals surface area contributed by atoms with Crippen molar-refractivity contribution >= 4 is 47.5 Å². The maximum atomic E-state index is 11.6. The van der Waals surface area contributed by atoms with Gasteiger partial charge in [0.05, 0.1) is 33.7 Å². The van der Waals surface area contributed by atoms with Crippen LogP contribution in [0.4, 0.5) is 5.82 Å². The van der Waals surface area contributed by atoms with Gasteiger partial charge in [-0.05, 0) is 25.0 Å². The van der Waals surface area contributed by atoms with Crippen LogP contribution in [-0.2, 0) is 9.09 Å². The second kappa shape index (κ2) is 7.65. The maximum absolute atomic E-state index is 11.6. The Morgan fingerprint density at radius 1 is 1.36 bits per heavy atom. The molecule has 1 N–H and O–H groups in total. The summed E-state index contributed by atoms with van der Waals surface area (Å²) in [5.74, 6) is 0.706. The predicted molar refractivity (Wildman–Crippen MR) is 111 cm³/mol. The number of benzene rings is 1. The number of piperidine rings is 1. The quantitative estimate of drug-likeness (QED) is 0.600. The van der Waals surface area contributed by atoms with Crippen molar-refractivity contribution in [1.82, 2.24) is 14.5 Å². The molecule has 1 aromatic carbocycles. The van der Waals surface area contributed by atoms with E-state index >= 15 is 0 Å². The van der Waals surface area contributed by atoms with E-state index in [2.05, 4.69) is 4.98 Å². The zero-order valence-electron chi connectivity index (χ0n) is 15.1. The zero-order chi connectivity index (χ0) is 19.9. The second-order valence-electron chi connectivity index (χ2n) is 6.85. The Morgan fingerprint density at radius 2 is 2.18 bits per heavy atom. The van der Waals surface area contributed by atoms with E-state index in [4.69, 9.17) is 32.7 Å². The monoisotopic (exact) mass is 440 g/mol. The van der Waals surface area contributed by atoms with Gasteiger partial charge in [0, 0.05) is 43.6 Å². The van der Waals surface area contributed by atoms with Gasteiger partial charge in [0.25, 0.3) is 0 Å². The Bertz CT molecular complexity index is 1050. The first-order valence-corrected chi connectivity index (χ1v) is 11.6. The van der Waals surface area contributed by atoms with Crippen molar-refractivity contribution in [3.05, 3.63) is 47.0 Å². The van der Waals surface area contributed by atoms with Crippen molar-refractivity contribution in [1.29, 1.82) is 0 Å². The predicted octanol–water partition coefficient (Wildman–Crippen LogP) is 4.53. The minimum atomic E-state index is -3.55. The molecule has 1 fully saturated rings. The summed E-state index contributed by atoms with van der Waals surface area (Å²) in [6.07, 6.45) is 6.48. The van der Waals surface area contributed by atoms with Crippen molar-refractivity contribution in [2.75, 3.05) is 24.7 Å². The van der Waals surface area contributed by atoms with Crippen molar-refractivity contribution in [2.45, 2.75) is 18.9 Å². The van der Waals surface area contributed by atoms with Gasteiger partial charge in [0.2, 0.25) is 0 Å². The molecule has 2 atom stereocenters. The molecule has 0 amide bonds. The Morgan fingerprint density at radius 3 is 2.89 bits per heavy atom. The Hall–Kier alpha value is -1.63. The first kappa shape index (κ1) is 19.7. The van der Waals surface area contributed by atoms with Crippen LogP contribution in [0.3, 0.4) is 0 Å². The second-order valence-corrected chi connectivity index (χ2v) is 9.45. The van der Waals surface area contributed by atoms with E-state index in [-0.39, 0.29) is 6.10 Å². The fourth-order valence-electron chi connectivity index (χ4n) is 3.49. The van der Waals surface area contributed by atoms with Crippen LogP contribution >= 0.6 is 30.8 Å². The summed E-state index contributed by atoms with van der Waals surface area (Å²) in [6, 6.07) is 5.59. The summed E-state index contributed by atoms with van der Waals surface area (Å²) in [6.45, 7) is 2.44. The average molecular weight is 441 g/mol. The normalized spacial score (nSPS) is 19.7. The molecule has 0 bridgehead atoms. The molecule has 28 heavy (non-hydrogen) atoms.